The molecule has 2 aromatic heterocycles. The topological polar surface area (TPSA) is 73.9 Å². The summed E-state index contributed by atoms with van der Waals surface area (Å²) in [6.45, 7) is 3.66. The maximum atomic E-state index is 14.2. The van der Waals surface area contributed by atoms with Gasteiger partial charge in [-0.2, -0.15) is 0 Å². The minimum Gasteiger partial charge on any atom is -0.497 e. The minimum atomic E-state index is -0.887. The van der Waals surface area contributed by atoms with Crippen LogP contribution in [0, 0.1) is 24.0 Å². The predicted octanol–water partition coefficient (Wildman–Crippen LogP) is 8.05. The van der Waals surface area contributed by atoms with Crippen LogP contribution in [0.5, 0.6) is 17.2 Å². The van der Waals surface area contributed by atoms with Crippen LogP contribution in [0.1, 0.15) is 62.2 Å². The number of pyridine rings is 2. The number of nitrogens with zero attached hydrogens (tertiary/aromatic N) is 3. The Hall–Kier alpha value is -5.69. The Kier molecular flexibility index (Phi) is 13.4. The lowest BCUT2D eigenvalue weighted by Gasteiger charge is -2.22. The van der Waals surface area contributed by atoms with E-state index in [0.29, 0.717) is 47.7 Å². The number of methoxy groups -OCH3 is 1. The van der Waals surface area contributed by atoms with Crippen LogP contribution in [-0.4, -0.2) is 37.3 Å². The molecule has 5 rings (SSSR count). The van der Waals surface area contributed by atoms with Crippen molar-refractivity contribution in [2.45, 2.75) is 58.4 Å². The van der Waals surface area contributed by atoms with Crippen molar-refractivity contribution >= 4 is 22.5 Å². The Morgan fingerprint density at radius 1 is 0.846 bits per heavy atom. The van der Waals surface area contributed by atoms with E-state index in [4.69, 9.17) is 20.6 Å². The molecule has 0 aliphatic carbocycles. The van der Waals surface area contributed by atoms with Gasteiger partial charge < -0.3 is 18.8 Å². The molecule has 8 nitrogen and oxygen atoms in total. The Labute approximate surface area is 303 Å². The minimum absolute atomic E-state index is 0.113. The fraction of sp³-hybridized carbons (Fsp3) is 0.310. The van der Waals surface area contributed by atoms with Gasteiger partial charge in [0.15, 0.2) is 12.4 Å². The number of ether oxygens (including phenoxy) is 3. The Morgan fingerprint density at radius 2 is 1.54 bits per heavy atom. The van der Waals surface area contributed by atoms with Crippen LogP contribution >= 0.6 is 0 Å². The molecular weight excluding hydrogens is 664 g/mol. The molecule has 0 unspecified atom stereocenters. The highest BCUT2D eigenvalue weighted by Crippen LogP contribution is 2.30. The third-order valence-electron chi connectivity index (χ3n) is 8.57. The summed E-state index contributed by atoms with van der Waals surface area (Å²) < 4.78 is 50.0. The van der Waals surface area contributed by atoms with Crippen molar-refractivity contribution in [3.8, 4) is 35.3 Å². The number of terminal acetylenes is 1. The van der Waals surface area contributed by atoms with Gasteiger partial charge in [0.1, 0.15) is 41.0 Å². The lowest BCUT2D eigenvalue weighted by molar-refractivity contribution is -0.697. The highest BCUT2D eigenvalue weighted by molar-refractivity contribution is 6.08. The molecule has 2 heterocycles. The zero-order valence-electron chi connectivity index (χ0n) is 29.7. The van der Waals surface area contributed by atoms with Crippen LogP contribution in [0.15, 0.2) is 96.2 Å². The van der Waals surface area contributed by atoms with E-state index in [-0.39, 0.29) is 23.2 Å². The number of rotatable bonds is 18. The van der Waals surface area contributed by atoms with Gasteiger partial charge in [0.05, 0.1) is 43.8 Å². The standard InChI is InChI=1S/C42H44F2N3O5/c1-4-17-46(33-24-31(43)23-32(44)25-33)42(49)39-30-47(34-26-36(50-3)28-37(27-34)51-21-5-2)40-29-35(15-16-38(40)41(39)48)52-22-14-9-7-6-8-11-18-45-19-12-10-13-20-45/h1,10,12-13,15-16,19-20,23-30H,5-9,11,14,17-18,21-22H2,2-3H3/q+1. The second-order valence-electron chi connectivity index (χ2n) is 12.4. The highest BCUT2D eigenvalue weighted by Gasteiger charge is 2.24. The molecule has 270 valence electrons. The number of unbranched alkanes of at least 4 members (excludes halogenated alkanes) is 5. The van der Waals surface area contributed by atoms with Crippen molar-refractivity contribution < 1.29 is 32.4 Å². The van der Waals surface area contributed by atoms with E-state index in [1.165, 1.54) is 19.7 Å². The summed E-state index contributed by atoms with van der Waals surface area (Å²) in [5.41, 5.74) is 0.0935. The summed E-state index contributed by atoms with van der Waals surface area (Å²) >= 11 is 0. The number of hydrogen-bond acceptors (Lipinski definition) is 5. The average molecular weight is 709 g/mol. The molecule has 0 atom stereocenters. The van der Waals surface area contributed by atoms with E-state index in [1.807, 2.05) is 25.1 Å². The van der Waals surface area contributed by atoms with Crippen molar-refractivity contribution in [3.63, 3.8) is 0 Å². The quantitative estimate of drug-likeness (QED) is 0.0524. The number of benzene rings is 3. The van der Waals surface area contributed by atoms with Crippen LogP contribution in [0.2, 0.25) is 0 Å². The maximum Gasteiger partial charge on any atom is 0.264 e. The van der Waals surface area contributed by atoms with Gasteiger partial charge in [0, 0.05) is 60.5 Å². The molecule has 0 N–H and O–H groups in total. The second kappa shape index (κ2) is 18.5. The second-order valence-corrected chi connectivity index (χ2v) is 12.4. The number of aryl methyl sites for hydroxylation is 1. The van der Waals surface area contributed by atoms with Gasteiger partial charge in [0.2, 0.25) is 5.43 Å². The maximum absolute atomic E-state index is 14.2. The number of fused-ring (bicyclic) bond motifs is 1. The fourth-order valence-corrected chi connectivity index (χ4v) is 5.97. The normalized spacial score (nSPS) is 10.9. The summed E-state index contributed by atoms with van der Waals surface area (Å²) in [4.78, 5) is 29.1. The van der Waals surface area contributed by atoms with Gasteiger partial charge in [-0.3, -0.25) is 14.5 Å². The first-order chi connectivity index (χ1) is 25.3. The van der Waals surface area contributed by atoms with E-state index in [9.17, 15) is 18.4 Å². The summed E-state index contributed by atoms with van der Waals surface area (Å²) in [5.74, 6) is 1.37. The predicted molar refractivity (Wildman–Crippen MR) is 199 cm³/mol. The molecule has 0 saturated heterocycles. The molecular formula is C42H44F2N3O5+. The molecule has 10 heteroatoms. The number of carbonyl (C=O) groups excluding carboxylic acids is 1. The Balaban J connectivity index is 1.41. The van der Waals surface area contributed by atoms with Gasteiger partial charge in [-0.1, -0.05) is 38.2 Å². The van der Waals surface area contributed by atoms with Crippen molar-refractivity contribution in [1.29, 1.82) is 0 Å². The van der Waals surface area contributed by atoms with E-state index in [0.717, 1.165) is 62.1 Å². The largest absolute Gasteiger partial charge is 0.497 e. The first-order valence-corrected chi connectivity index (χ1v) is 17.6. The number of anilines is 1. The Bertz CT molecular complexity index is 2060. The van der Waals surface area contributed by atoms with E-state index < -0.39 is 23.0 Å². The molecule has 5 aromatic rings. The van der Waals surface area contributed by atoms with Crippen molar-refractivity contribution in [3.05, 3.63) is 119 Å². The van der Waals surface area contributed by atoms with E-state index in [2.05, 4.69) is 22.9 Å². The van der Waals surface area contributed by atoms with Gasteiger partial charge >= 0.3 is 0 Å². The van der Waals surface area contributed by atoms with Crippen LogP contribution in [0.25, 0.3) is 16.6 Å². The summed E-state index contributed by atoms with van der Waals surface area (Å²) in [6, 6.07) is 19.2. The van der Waals surface area contributed by atoms with Crippen LogP contribution in [-0.2, 0) is 6.54 Å². The van der Waals surface area contributed by atoms with Gasteiger partial charge in [-0.15, -0.1) is 6.42 Å². The summed E-state index contributed by atoms with van der Waals surface area (Å²) in [6.07, 6.45) is 18.4. The van der Waals surface area contributed by atoms with Crippen LogP contribution < -0.4 is 29.1 Å². The smallest absolute Gasteiger partial charge is 0.264 e. The van der Waals surface area contributed by atoms with Gasteiger partial charge in [-0.05, 0) is 43.5 Å². The lowest BCUT2D eigenvalue weighted by atomic mass is 10.1. The summed E-state index contributed by atoms with van der Waals surface area (Å²) in [7, 11) is 1.53. The first kappa shape index (κ1) is 37.6. The Morgan fingerprint density at radius 3 is 2.25 bits per heavy atom. The van der Waals surface area contributed by atoms with Crippen LogP contribution in [0.4, 0.5) is 14.5 Å². The number of hydrogen-bond donors (Lipinski definition) is 0. The zero-order chi connectivity index (χ0) is 36.9. The molecule has 0 aliphatic heterocycles. The lowest BCUT2D eigenvalue weighted by Crippen LogP contribution is -2.35. The number of halogens is 2. The molecule has 1 amide bonds. The SMILES string of the molecule is C#CCN(C(=O)c1cn(-c2cc(OC)cc(OCCC)c2)c2cc(OCCCCCCCC[n+]3ccccc3)ccc2c1=O)c1cc(F)cc(F)c1. The average Bonchev–Trinajstić information content (AvgIpc) is 3.15. The third-order valence-corrected chi connectivity index (χ3v) is 8.57. The molecule has 0 radical (unpaired) electrons. The monoisotopic (exact) mass is 708 g/mol. The molecule has 0 spiro atoms. The third kappa shape index (κ3) is 9.75. The van der Waals surface area contributed by atoms with E-state index in [1.54, 1.807) is 41.0 Å². The molecule has 52 heavy (non-hydrogen) atoms. The number of aromatic nitrogens is 2. The van der Waals surface area contributed by atoms with Crippen molar-refractivity contribution in [2.75, 3.05) is 31.8 Å². The number of carbonyl (C=O) groups is 1. The molecule has 3 aromatic carbocycles. The van der Waals surface area contributed by atoms with Gasteiger partial charge in [0.25, 0.3) is 5.91 Å². The molecule has 0 aliphatic rings. The first-order valence-electron chi connectivity index (χ1n) is 17.6. The van der Waals surface area contributed by atoms with Gasteiger partial charge in [-0.25, -0.2) is 13.3 Å². The zero-order valence-corrected chi connectivity index (χ0v) is 29.7. The fourth-order valence-electron chi connectivity index (χ4n) is 5.97. The molecule has 0 saturated carbocycles. The summed E-state index contributed by atoms with van der Waals surface area (Å²) in [5, 5.41) is 0.233. The van der Waals surface area contributed by atoms with Crippen LogP contribution in [0.3, 0.4) is 0 Å². The molecule has 0 fully saturated rings. The van der Waals surface area contributed by atoms with Crippen molar-refractivity contribution in [1.82, 2.24) is 4.57 Å². The van der Waals surface area contributed by atoms with E-state index >= 15 is 0 Å². The highest BCUT2D eigenvalue weighted by atomic mass is 19.1. The van der Waals surface area contributed by atoms with Crippen molar-refractivity contribution in [2.24, 2.45) is 0 Å². The molecule has 0 bridgehead atoms. The number of amides is 1.